The van der Waals surface area contributed by atoms with Crippen LogP contribution in [0.2, 0.25) is 0 Å². The van der Waals surface area contributed by atoms with E-state index in [1.165, 1.54) is 44.7 Å². The van der Waals surface area contributed by atoms with Crippen molar-refractivity contribution in [2.24, 2.45) is 11.8 Å². The van der Waals surface area contributed by atoms with E-state index in [-0.39, 0.29) is 18.2 Å². The molecule has 2 unspecified atom stereocenters. The van der Waals surface area contributed by atoms with Crippen LogP contribution in [0.3, 0.4) is 0 Å². The van der Waals surface area contributed by atoms with Gasteiger partial charge in [0.05, 0.1) is 18.8 Å². The highest BCUT2D eigenvalue weighted by Crippen LogP contribution is 2.32. The average Bonchev–Trinajstić information content (AvgIpc) is 2.84. The smallest absolute Gasteiger partial charge is 0.303 e. The lowest BCUT2D eigenvalue weighted by Crippen LogP contribution is -2.44. The van der Waals surface area contributed by atoms with Gasteiger partial charge < -0.3 is 14.7 Å². The maximum Gasteiger partial charge on any atom is 0.303 e. The number of aryl methyl sites for hydroxylation is 1. The van der Waals surface area contributed by atoms with E-state index in [9.17, 15) is 14.3 Å². The summed E-state index contributed by atoms with van der Waals surface area (Å²) in [5, 5.41) is 10.1. The monoisotopic (exact) mass is 470 g/mol. The van der Waals surface area contributed by atoms with E-state index >= 15 is 0 Å². The second kappa shape index (κ2) is 12.0. The summed E-state index contributed by atoms with van der Waals surface area (Å²) in [7, 11) is 1.62. The van der Waals surface area contributed by atoms with Crippen LogP contribution in [0.15, 0.2) is 24.4 Å². The van der Waals surface area contributed by atoms with Crippen LogP contribution >= 0.6 is 0 Å². The molecule has 4 rings (SSSR count). The van der Waals surface area contributed by atoms with Crippen molar-refractivity contribution in [3.63, 3.8) is 0 Å². The quantitative estimate of drug-likeness (QED) is 0.446. The molecule has 0 radical (unpaired) electrons. The normalized spacial score (nSPS) is 22.2. The van der Waals surface area contributed by atoms with Gasteiger partial charge >= 0.3 is 5.97 Å². The summed E-state index contributed by atoms with van der Waals surface area (Å²) in [6.07, 6.45) is 14.1. The Kier molecular flexibility index (Phi) is 8.76. The number of carboxylic acid groups (broad SMARTS) is 1. The topological polar surface area (TPSA) is 62.7 Å². The zero-order chi connectivity index (χ0) is 23.9. The highest BCUT2D eigenvalue weighted by Gasteiger charge is 2.30. The first-order valence-electron chi connectivity index (χ1n) is 13.1. The standard InChI is InChI=1S/C28H39FN2O3/c1-34-23-10-11-27-25(18-23)24(26(29)19-30-27)9-5-8-22-16-21(17-28(32)33)13-15-31(22)14-12-20-6-3-2-4-7-20/h10-11,18-22H,2-9,12-17H2,1H3,(H,32,33). The number of hydrogen-bond acceptors (Lipinski definition) is 4. The molecule has 2 aromatic rings. The first-order valence-corrected chi connectivity index (χ1v) is 13.1. The van der Waals surface area contributed by atoms with Gasteiger partial charge in [-0.15, -0.1) is 0 Å². The Morgan fingerprint density at radius 3 is 2.76 bits per heavy atom. The molecule has 2 aliphatic rings. The molecule has 0 bridgehead atoms. The second-order valence-electron chi connectivity index (χ2n) is 10.3. The van der Waals surface area contributed by atoms with Gasteiger partial charge in [0.2, 0.25) is 0 Å². The summed E-state index contributed by atoms with van der Waals surface area (Å²) in [5.74, 6) is 0.842. The number of ether oxygens (including phenoxy) is 1. The fraction of sp³-hybridized carbons (Fsp3) is 0.643. The molecular formula is C28H39FN2O3. The largest absolute Gasteiger partial charge is 0.497 e. The highest BCUT2D eigenvalue weighted by atomic mass is 19.1. The Bertz CT molecular complexity index is 960. The zero-order valence-corrected chi connectivity index (χ0v) is 20.5. The molecule has 1 aromatic heterocycles. The van der Waals surface area contributed by atoms with Gasteiger partial charge in [-0.25, -0.2) is 4.39 Å². The molecule has 2 atom stereocenters. The van der Waals surface area contributed by atoms with Crippen LogP contribution in [0.1, 0.15) is 76.2 Å². The van der Waals surface area contributed by atoms with Gasteiger partial charge in [-0.05, 0) is 87.2 Å². The number of carboxylic acids is 1. The van der Waals surface area contributed by atoms with Crippen LogP contribution in [-0.4, -0.2) is 47.2 Å². The Morgan fingerprint density at radius 1 is 1.18 bits per heavy atom. The predicted molar refractivity (Wildman–Crippen MR) is 133 cm³/mol. The molecule has 6 heteroatoms. The molecule has 1 saturated carbocycles. The number of fused-ring (bicyclic) bond motifs is 1. The highest BCUT2D eigenvalue weighted by molar-refractivity contribution is 5.83. The first kappa shape index (κ1) is 24.9. The summed E-state index contributed by atoms with van der Waals surface area (Å²) in [6, 6.07) is 5.99. The van der Waals surface area contributed by atoms with Crippen LogP contribution in [0, 0.1) is 17.7 Å². The number of aromatic nitrogens is 1. The predicted octanol–water partition coefficient (Wildman–Crippen LogP) is 6.23. The van der Waals surface area contributed by atoms with Crippen molar-refractivity contribution in [2.45, 2.75) is 83.1 Å². The first-order chi connectivity index (χ1) is 16.5. The molecule has 0 spiro atoms. The van der Waals surface area contributed by atoms with Gasteiger partial charge in [0.25, 0.3) is 0 Å². The number of hydrogen-bond donors (Lipinski definition) is 1. The third-order valence-electron chi connectivity index (χ3n) is 8.06. The minimum atomic E-state index is -0.696. The Labute approximate surface area is 202 Å². The fourth-order valence-corrected chi connectivity index (χ4v) is 6.13. The van der Waals surface area contributed by atoms with Crippen molar-refractivity contribution < 1.29 is 19.0 Å². The number of piperidine rings is 1. The van der Waals surface area contributed by atoms with Crippen LogP contribution in [0.5, 0.6) is 5.75 Å². The molecule has 1 aromatic carbocycles. The van der Waals surface area contributed by atoms with Gasteiger partial charge in [0.1, 0.15) is 11.6 Å². The number of likely N-dealkylation sites (tertiary alicyclic amines) is 1. The fourth-order valence-electron chi connectivity index (χ4n) is 6.13. The summed E-state index contributed by atoms with van der Waals surface area (Å²) in [4.78, 5) is 18.2. The number of halogens is 1. The molecule has 1 N–H and O–H groups in total. The molecule has 1 aliphatic heterocycles. The summed E-state index contributed by atoms with van der Waals surface area (Å²) >= 11 is 0. The second-order valence-corrected chi connectivity index (χ2v) is 10.3. The minimum Gasteiger partial charge on any atom is -0.497 e. The lowest BCUT2D eigenvalue weighted by atomic mass is 9.84. The number of rotatable bonds is 10. The van der Waals surface area contributed by atoms with Crippen molar-refractivity contribution in [3.05, 3.63) is 35.8 Å². The van der Waals surface area contributed by atoms with Crippen molar-refractivity contribution in [3.8, 4) is 5.75 Å². The molecule has 1 saturated heterocycles. The SMILES string of the molecule is COc1ccc2ncc(F)c(CCCC3CC(CC(=O)O)CCN3CCC3CCCCC3)c2c1. The number of carbonyl (C=O) groups is 1. The van der Waals surface area contributed by atoms with Crippen LogP contribution in [-0.2, 0) is 11.2 Å². The van der Waals surface area contributed by atoms with E-state index in [1.807, 2.05) is 18.2 Å². The maximum atomic E-state index is 14.8. The molecule has 1 aliphatic carbocycles. The lowest BCUT2D eigenvalue weighted by molar-refractivity contribution is -0.138. The van der Waals surface area contributed by atoms with E-state index in [2.05, 4.69) is 9.88 Å². The van der Waals surface area contributed by atoms with E-state index in [0.29, 0.717) is 23.8 Å². The number of pyridine rings is 1. The van der Waals surface area contributed by atoms with Crippen molar-refractivity contribution in [1.82, 2.24) is 9.88 Å². The molecule has 186 valence electrons. The van der Waals surface area contributed by atoms with E-state index in [1.54, 1.807) is 7.11 Å². The van der Waals surface area contributed by atoms with Gasteiger partial charge in [-0.2, -0.15) is 0 Å². The van der Waals surface area contributed by atoms with Crippen molar-refractivity contribution in [2.75, 3.05) is 20.2 Å². The van der Waals surface area contributed by atoms with Crippen molar-refractivity contribution in [1.29, 1.82) is 0 Å². The lowest BCUT2D eigenvalue weighted by Gasteiger charge is -2.40. The molecule has 2 fully saturated rings. The Balaban J connectivity index is 1.41. The van der Waals surface area contributed by atoms with E-state index in [0.717, 1.165) is 55.6 Å². The maximum absolute atomic E-state index is 14.8. The minimum absolute atomic E-state index is 0.246. The molecule has 2 heterocycles. The van der Waals surface area contributed by atoms with Crippen LogP contribution < -0.4 is 4.74 Å². The average molecular weight is 471 g/mol. The third kappa shape index (κ3) is 6.47. The van der Waals surface area contributed by atoms with E-state index in [4.69, 9.17) is 4.74 Å². The van der Waals surface area contributed by atoms with Gasteiger partial charge in [0.15, 0.2) is 0 Å². The van der Waals surface area contributed by atoms with Gasteiger partial charge in [-0.3, -0.25) is 9.78 Å². The van der Waals surface area contributed by atoms with E-state index < -0.39 is 5.97 Å². The summed E-state index contributed by atoms with van der Waals surface area (Å²) in [6.45, 7) is 2.10. The van der Waals surface area contributed by atoms with Gasteiger partial charge in [0, 0.05) is 17.8 Å². The Morgan fingerprint density at radius 2 is 2.00 bits per heavy atom. The molecule has 0 amide bonds. The number of methoxy groups -OCH3 is 1. The summed E-state index contributed by atoms with van der Waals surface area (Å²) < 4.78 is 20.1. The molecule has 34 heavy (non-hydrogen) atoms. The summed E-state index contributed by atoms with van der Waals surface area (Å²) in [5.41, 5.74) is 1.49. The number of benzene rings is 1. The van der Waals surface area contributed by atoms with Gasteiger partial charge in [-0.1, -0.05) is 32.1 Å². The van der Waals surface area contributed by atoms with Crippen LogP contribution in [0.4, 0.5) is 4.39 Å². The number of aliphatic carboxylic acids is 1. The Hall–Kier alpha value is -2.21. The third-order valence-corrected chi connectivity index (χ3v) is 8.06. The van der Waals surface area contributed by atoms with Crippen LogP contribution in [0.25, 0.3) is 10.9 Å². The number of nitrogens with zero attached hydrogens (tertiary/aromatic N) is 2. The van der Waals surface area contributed by atoms with Crippen molar-refractivity contribution >= 4 is 16.9 Å². The molecular weight excluding hydrogens is 431 g/mol. The molecule has 5 nitrogen and oxygen atoms in total. The zero-order valence-electron chi connectivity index (χ0n) is 20.5.